The third-order valence-corrected chi connectivity index (χ3v) is 6.17. The molecule has 0 aromatic carbocycles. The number of likely N-dealkylation sites (tertiary alicyclic amines) is 1. The van der Waals surface area contributed by atoms with Crippen LogP contribution in [-0.2, 0) is 4.79 Å². The Morgan fingerprint density at radius 3 is 3.00 bits per heavy atom. The molecule has 3 saturated carbocycles. The van der Waals surface area contributed by atoms with Crippen LogP contribution in [0, 0.1) is 28.0 Å². The molecule has 1 aromatic heterocycles. The summed E-state index contributed by atoms with van der Waals surface area (Å²) >= 11 is 0. The van der Waals surface area contributed by atoms with Crippen LogP contribution in [0.15, 0.2) is 12.4 Å². The molecular formula is C17H16FN3O2. The van der Waals surface area contributed by atoms with Gasteiger partial charge < -0.3 is 9.64 Å². The number of carbonyl (C=O) groups is 1. The van der Waals surface area contributed by atoms with E-state index in [0.29, 0.717) is 31.4 Å². The summed E-state index contributed by atoms with van der Waals surface area (Å²) in [5.41, 5.74) is 0.0353. The third kappa shape index (κ3) is 1.55. The van der Waals surface area contributed by atoms with E-state index in [4.69, 9.17) is 4.74 Å². The summed E-state index contributed by atoms with van der Waals surface area (Å²) in [4.78, 5) is 18.9. The maximum absolute atomic E-state index is 13.9. The molecule has 2 aliphatic heterocycles. The molecule has 6 rings (SSSR count). The van der Waals surface area contributed by atoms with Crippen molar-refractivity contribution in [2.24, 2.45) is 10.8 Å². The van der Waals surface area contributed by atoms with E-state index >= 15 is 0 Å². The number of carbonyl (C=O) groups excluding carboxylic acids is 1. The molecule has 0 N–H and O–H groups in total. The Labute approximate surface area is 133 Å². The largest absolute Gasteiger partial charge is 0.485 e. The number of aromatic nitrogens is 1. The summed E-state index contributed by atoms with van der Waals surface area (Å²) < 4.78 is 19.6. The second-order valence-electron chi connectivity index (χ2n) is 7.51. The van der Waals surface area contributed by atoms with E-state index in [9.17, 15) is 14.4 Å². The van der Waals surface area contributed by atoms with Gasteiger partial charge in [-0.15, -0.1) is 0 Å². The molecule has 0 spiro atoms. The highest BCUT2D eigenvalue weighted by molar-refractivity contribution is 5.86. The molecule has 23 heavy (non-hydrogen) atoms. The van der Waals surface area contributed by atoms with E-state index in [0.717, 1.165) is 19.0 Å². The Hall–Kier alpha value is -2.16. The van der Waals surface area contributed by atoms with Gasteiger partial charge in [0.05, 0.1) is 35.7 Å². The van der Waals surface area contributed by atoms with Gasteiger partial charge in [-0.1, -0.05) is 0 Å². The number of nitrogens with zero attached hydrogens (tertiary/aromatic N) is 3. The molecule has 5 nitrogen and oxygen atoms in total. The van der Waals surface area contributed by atoms with Crippen molar-refractivity contribution in [1.29, 1.82) is 5.26 Å². The van der Waals surface area contributed by atoms with E-state index < -0.39 is 5.82 Å². The van der Waals surface area contributed by atoms with Gasteiger partial charge in [0.1, 0.15) is 6.10 Å². The molecule has 3 aliphatic carbocycles. The molecule has 5 aliphatic rings. The minimum Gasteiger partial charge on any atom is -0.485 e. The molecule has 6 heteroatoms. The molecule has 0 unspecified atom stereocenters. The van der Waals surface area contributed by atoms with Gasteiger partial charge in [-0.25, -0.2) is 4.39 Å². The summed E-state index contributed by atoms with van der Waals surface area (Å²) in [5.74, 6) is -0.0905. The summed E-state index contributed by atoms with van der Waals surface area (Å²) in [6.07, 6.45) is 6.28. The first kappa shape index (κ1) is 13.3. The Kier molecular flexibility index (Phi) is 2.33. The Bertz CT molecular complexity index is 766. The van der Waals surface area contributed by atoms with Gasteiger partial charge in [0, 0.05) is 18.2 Å². The predicted molar refractivity (Wildman–Crippen MR) is 76.6 cm³/mol. The number of fused-ring (bicyclic) bond motifs is 5. The average Bonchev–Trinajstić information content (AvgIpc) is 3.18. The molecule has 3 heterocycles. The number of amides is 1. The van der Waals surface area contributed by atoms with Crippen LogP contribution in [0.1, 0.15) is 43.7 Å². The lowest BCUT2D eigenvalue weighted by Crippen LogP contribution is -2.49. The standard InChI is InChI=1S/C17H16FN3O2/c18-12-5-20-4-11-13-3-10(23-14(11)12)6-21(13)15(22)17-2-1-16(7-17,8-17)9-19/h4-5,10,13H,1-3,6-8H2/t10-,13-,16?,17?/m0/s1. The number of hydrogen-bond acceptors (Lipinski definition) is 4. The number of hydrogen-bond donors (Lipinski definition) is 0. The van der Waals surface area contributed by atoms with Crippen molar-refractivity contribution in [3.8, 4) is 11.8 Å². The number of ether oxygens (including phenoxy) is 1. The van der Waals surface area contributed by atoms with Crippen molar-refractivity contribution in [1.82, 2.24) is 9.88 Å². The molecule has 118 valence electrons. The zero-order valence-electron chi connectivity index (χ0n) is 12.6. The first-order valence-corrected chi connectivity index (χ1v) is 8.08. The van der Waals surface area contributed by atoms with E-state index in [1.807, 2.05) is 4.90 Å². The van der Waals surface area contributed by atoms with Crippen molar-refractivity contribution < 1.29 is 13.9 Å². The highest BCUT2D eigenvalue weighted by atomic mass is 19.1. The summed E-state index contributed by atoms with van der Waals surface area (Å²) in [6, 6.07) is 2.24. The second-order valence-corrected chi connectivity index (χ2v) is 7.51. The lowest BCUT2D eigenvalue weighted by atomic mass is 9.60. The summed E-state index contributed by atoms with van der Waals surface area (Å²) in [5, 5.41) is 9.29. The Morgan fingerprint density at radius 1 is 1.43 bits per heavy atom. The molecular weight excluding hydrogens is 297 g/mol. The van der Waals surface area contributed by atoms with Gasteiger partial charge in [0.15, 0.2) is 11.6 Å². The molecule has 4 fully saturated rings. The van der Waals surface area contributed by atoms with E-state index in [2.05, 4.69) is 11.1 Å². The summed E-state index contributed by atoms with van der Waals surface area (Å²) in [7, 11) is 0. The van der Waals surface area contributed by atoms with Crippen LogP contribution < -0.4 is 4.74 Å². The minimum absolute atomic E-state index is 0.120. The highest BCUT2D eigenvalue weighted by Gasteiger charge is 2.66. The molecule has 0 radical (unpaired) electrons. The molecule has 1 saturated heterocycles. The van der Waals surface area contributed by atoms with E-state index in [1.165, 1.54) is 0 Å². The highest BCUT2D eigenvalue weighted by Crippen LogP contribution is 2.68. The Balaban J connectivity index is 1.48. The summed E-state index contributed by atoms with van der Waals surface area (Å²) in [6.45, 7) is 0.499. The van der Waals surface area contributed by atoms with Crippen LogP contribution >= 0.6 is 0 Å². The second kappa shape index (κ2) is 4.02. The fourth-order valence-corrected chi connectivity index (χ4v) is 5.14. The zero-order valence-corrected chi connectivity index (χ0v) is 12.6. The maximum atomic E-state index is 13.9. The van der Waals surface area contributed by atoms with Crippen molar-refractivity contribution in [2.45, 2.75) is 44.2 Å². The average molecular weight is 313 g/mol. The SMILES string of the molecule is N#CC12CCC(C(=O)N3C[C@@H]4C[C@H]3c3cncc(F)c3O4)(C1)C2. The lowest BCUT2D eigenvalue weighted by Gasteiger charge is -2.44. The predicted octanol–water partition coefficient (Wildman–Crippen LogP) is 2.34. The van der Waals surface area contributed by atoms with Crippen molar-refractivity contribution in [3.05, 3.63) is 23.8 Å². The number of halogens is 1. The van der Waals surface area contributed by atoms with Crippen LogP contribution in [0.25, 0.3) is 0 Å². The van der Waals surface area contributed by atoms with Crippen LogP contribution in [-0.4, -0.2) is 28.4 Å². The maximum Gasteiger partial charge on any atom is 0.229 e. The van der Waals surface area contributed by atoms with Gasteiger partial charge in [-0.2, -0.15) is 5.26 Å². The molecule has 4 bridgehead atoms. The smallest absolute Gasteiger partial charge is 0.229 e. The minimum atomic E-state index is -0.460. The van der Waals surface area contributed by atoms with Gasteiger partial charge >= 0.3 is 0 Å². The van der Waals surface area contributed by atoms with Crippen LogP contribution in [0.5, 0.6) is 5.75 Å². The van der Waals surface area contributed by atoms with Crippen molar-refractivity contribution >= 4 is 5.91 Å². The normalized spacial score (nSPS) is 39.2. The van der Waals surface area contributed by atoms with Crippen LogP contribution in [0.2, 0.25) is 0 Å². The van der Waals surface area contributed by atoms with Crippen LogP contribution in [0.3, 0.4) is 0 Å². The third-order valence-electron chi connectivity index (χ3n) is 6.17. The molecule has 1 aromatic rings. The Morgan fingerprint density at radius 2 is 2.26 bits per heavy atom. The van der Waals surface area contributed by atoms with Crippen LogP contribution in [0.4, 0.5) is 4.39 Å². The first-order chi connectivity index (χ1) is 11.1. The fraction of sp³-hybridized carbons (Fsp3) is 0.588. The fourth-order valence-electron chi connectivity index (χ4n) is 5.14. The first-order valence-electron chi connectivity index (χ1n) is 8.08. The quantitative estimate of drug-likeness (QED) is 0.798. The van der Waals surface area contributed by atoms with Gasteiger partial charge in [0.2, 0.25) is 5.91 Å². The number of pyridine rings is 1. The molecule has 1 amide bonds. The number of rotatable bonds is 1. The van der Waals surface area contributed by atoms with Gasteiger partial charge in [0.25, 0.3) is 0 Å². The molecule has 2 atom stereocenters. The van der Waals surface area contributed by atoms with Crippen molar-refractivity contribution in [3.63, 3.8) is 0 Å². The van der Waals surface area contributed by atoms with Gasteiger partial charge in [-0.3, -0.25) is 9.78 Å². The van der Waals surface area contributed by atoms with Crippen molar-refractivity contribution in [2.75, 3.05) is 6.54 Å². The van der Waals surface area contributed by atoms with E-state index in [1.54, 1.807) is 6.20 Å². The van der Waals surface area contributed by atoms with E-state index in [-0.39, 0.29) is 34.6 Å². The number of nitriles is 1. The topological polar surface area (TPSA) is 66.2 Å². The monoisotopic (exact) mass is 313 g/mol. The lowest BCUT2D eigenvalue weighted by molar-refractivity contribution is -0.149. The van der Waals surface area contributed by atoms with Gasteiger partial charge in [-0.05, 0) is 25.7 Å². The zero-order chi connectivity index (χ0) is 15.8.